The summed E-state index contributed by atoms with van der Waals surface area (Å²) in [6, 6.07) is 10.2. The molecule has 0 aliphatic rings. The lowest BCUT2D eigenvalue weighted by Gasteiger charge is -2.18. The number of fused-ring (bicyclic) bond motifs is 1. The molecule has 0 unspecified atom stereocenters. The molecule has 1 aromatic heterocycles. The Labute approximate surface area is 159 Å². The quantitative estimate of drug-likeness (QED) is 0.542. The molecule has 0 spiro atoms. The minimum absolute atomic E-state index is 0.0648. The van der Waals surface area contributed by atoms with Gasteiger partial charge in [-0.3, -0.25) is 14.9 Å². The third-order valence-corrected chi connectivity index (χ3v) is 3.62. The number of carbonyl (C=O) groups is 2. The van der Waals surface area contributed by atoms with Crippen molar-refractivity contribution < 1.29 is 19.2 Å². The number of aromatic nitrogens is 3. The molecule has 0 fully saturated rings. The molecule has 10 nitrogen and oxygen atoms in total. The highest BCUT2D eigenvalue weighted by atomic mass is 16.6. The van der Waals surface area contributed by atoms with E-state index in [1.807, 2.05) is 0 Å². The van der Waals surface area contributed by atoms with Crippen molar-refractivity contribution in [3.05, 3.63) is 58.1 Å². The summed E-state index contributed by atoms with van der Waals surface area (Å²) >= 11 is 0. The number of carbonyl (C=O) groups excluding carboxylic acids is 2. The predicted molar refractivity (Wildman–Crippen MR) is 100 cm³/mol. The summed E-state index contributed by atoms with van der Waals surface area (Å²) in [6.07, 6.45) is -0.674. The molecule has 0 atom stereocenters. The van der Waals surface area contributed by atoms with E-state index in [0.717, 1.165) is 4.68 Å². The van der Waals surface area contributed by atoms with E-state index in [2.05, 4.69) is 15.6 Å². The Balaban J connectivity index is 1.85. The molecule has 1 N–H and O–H groups in total. The highest BCUT2D eigenvalue weighted by Crippen LogP contribution is 2.22. The van der Waals surface area contributed by atoms with E-state index in [1.165, 1.54) is 30.3 Å². The molecule has 0 aliphatic heterocycles. The Kier molecular flexibility index (Phi) is 4.78. The Hall–Kier alpha value is -3.82. The van der Waals surface area contributed by atoms with Gasteiger partial charge in [-0.15, -0.1) is 9.78 Å². The van der Waals surface area contributed by atoms with Gasteiger partial charge in [0.1, 0.15) is 22.2 Å². The van der Waals surface area contributed by atoms with E-state index in [0.29, 0.717) is 16.7 Å². The lowest BCUT2D eigenvalue weighted by molar-refractivity contribution is -0.385. The molecule has 1 amide bonds. The van der Waals surface area contributed by atoms with Crippen LogP contribution >= 0.6 is 0 Å². The smallest absolute Gasteiger partial charge is 0.437 e. The Bertz CT molecular complexity index is 1080. The minimum Gasteiger partial charge on any atom is -0.442 e. The van der Waals surface area contributed by atoms with Crippen molar-refractivity contribution in [2.75, 3.05) is 5.32 Å². The maximum atomic E-state index is 12.4. The van der Waals surface area contributed by atoms with Crippen molar-refractivity contribution in [2.45, 2.75) is 26.4 Å². The topological polar surface area (TPSA) is 129 Å². The standard InChI is InChI=1S/C18H17N5O5/c1-18(2,3)28-17(25)22-15-9-8-11(10-13(15)20-21-22)19-16(24)12-6-4-5-7-14(12)23(26)27/h4-10H,1-3H3,(H,19,24). The Morgan fingerprint density at radius 2 is 1.89 bits per heavy atom. The van der Waals surface area contributed by atoms with Gasteiger partial charge in [0.15, 0.2) is 0 Å². The van der Waals surface area contributed by atoms with Gasteiger partial charge in [-0.25, -0.2) is 4.79 Å². The number of hydrogen-bond acceptors (Lipinski definition) is 7. The van der Waals surface area contributed by atoms with Crippen LogP contribution in [-0.4, -0.2) is 37.5 Å². The molecule has 0 aliphatic carbocycles. The summed E-state index contributed by atoms with van der Waals surface area (Å²) in [7, 11) is 0. The molecule has 3 aromatic rings. The van der Waals surface area contributed by atoms with Crippen LogP contribution in [0.15, 0.2) is 42.5 Å². The summed E-state index contributed by atoms with van der Waals surface area (Å²) in [6.45, 7) is 5.21. The van der Waals surface area contributed by atoms with Crippen molar-refractivity contribution in [1.29, 1.82) is 0 Å². The SMILES string of the molecule is CC(C)(C)OC(=O)n1nnc2cc(NC(=O)c3ccccc3[N+](=O)[O-])ccc21. The van der Waals surface area contributed by atoms with Gasteiger partial charge in [0.05, 0.1) is 4.92 Å². The van der Waals surface area contributed by atoms with Gasteiger partial charge in [0, 0.05) is 11.8 Å². The number of hydrogen-bond donors (Lipinski definition) is 1. The largest absolute Gasteiger partial charge is 0.442 e. The van der Waals surface area contributed by atoms with Crippen LogP contribution in [0, 0.1) is 10.1 Å². The fourth-order valence-electron chi connectivity index (χ4n) is 2.46. The van der Waals surface area contributed by atoms with Crippen LogP contribution in [0.4, 0.5) is 16.2 Å². The zero-order chi connectivity index (χ0) is 20.5. The third kappa shape index (κ3) is 3.95. The highest BCUT2D eigenvalue weighted by molar-refractivity contribution is 6.07. The van der Waals surface area contributed by atoms with Crippen molar-refractivity contribution in [3.63, 3.8) is 0 Å². The summed E-state index contributed by atoms with van der Waals surface area (Å²) < 4.78 is 6.29. The molecule has 0 radical (unpaired) electrons. The molecular weight excluding hydrogens is 366 g/mol. The second-order valence-electron chi connectivity index (χ2n) is 6.91. The van der Waals surface area contributed by atoms with Crippen LogP contribution in [0.1, 0.15) is 31.1 Å². The Morgan fingerprint density at radius 3 is 2.57 bits per heavy atom. The normalized spacial score (nSPS) is 11.2. The van der Waals surface area contributed by atoms with Crippen LogP contribution in [0.25, 0.3) is 11.0 Å². The van der Waals surface area contributed by atoms with Crippen molar-refractivity contribution in [1.82, 2.24) is 15.0 Å². The van der Waals surface area contributed by atoms with Crippen LogP contribution < -0.4 is 5.32 Å². The molecule has 10 heteroatoms. The monoisotopic (exact) mass is 383 g/mol. The first-order valence-corrected chi connectivity index (χ1v) is 8.29. The maximum Gasteiger partial charge on any atom is 0.437 e. The van der Waals surface area contributed by atoms with E-state index in [9.17, 15) is 19.7 Å². The molecule has 2 aromatic carbocycles. The van der Waals surface area contributed by atoms with Gasteiger partial charge in [0.2, 0.25) is 0 Å². The van der Waals surface area contributed by atoms with Gasteiger partial charge in [-0.05, 0) is 45.0 Å². The number of rotatable bonds is 3. The van der Waals surface area contributed by atoms with Crippen LogP contribution in [-0.2, 0) is 4.74 Å². The Morgan fingerprint density at radius 1 is 1.18 bits per heavy atom. The number of benzene rings is 2. The molecule has 144 valence electrons. The summed E-state index contributed by atoms with van der Waals surface area (Å²) in [5, 5.41) is 21.4. The van der Waals surface area contributed by atoms with E-state index in [1.54, 1.807) is 32.9 Å². The summed E-state index contributed by atoms with van der Waals surface area (Å²) in [4.78, 5) is 35.1. The molecular formula is C18H17N5O5. The van der Waals surface area contributed by atoms with E-state index >= 15 is 0 Å². The maximum absolute atomic E-state index is 12.4. The number of nitro benzene ring substituents is 1. The zero-order valence-corrected chi connectivity index (χ0v) is 15.4. The predicted octanol–water partition coefficient (Wildman–Crippen LogP) is 3.38. The van der Waals surface area contributed by atoms with Crippen LogP contribution in [0.3, 0.4) is 0 Å². The van der Waals surface area contributed by atoms with Gasteiger partial charge in [-0.1, -0.05) is 17.3 Å². The van der Waals surface area contributed by atoms with Gasteiger partial charge < -0.3 is 10.1 Å². The zero-order valence-electron chi connectivity index (χ0n) is 15.4. The number of nitrogens with zero attached hydrogens (tertiary/aromatic N) is 4. The molecule has 0 saturated heterocycles. The first kappa shape index (κ1) is 19.0. The fourth-order valence-corrected chi connectivity index (χ4v) is 2.46. The van der Waals surface area contributed by atoms with Crippen LogP contribution in [0.5, 0.6) is 0 Å². The fraction of sp³-hybridized carbons (Fsp3) is 0.222. The average molecular weight is 383 g/mol. The number of ether oxygens (including phenoxy) is 1. The van der Waals surface area contributed by atoms with Gasteiger partial charge in [-0.2, -0.15) is 0 Å². The van der Waals surface area contributed by atoms with Gasteiger partial charge >= 0.3 is 6.09 Å². The highest BCUT2D eigenvalue weighted by Gasteiger charge is 2.22. The van der Waals surface area contributed by atoms with E-state index in [4.69, 9.17) is 4.74 Å². The van der Waals surface area contributed by atoms with Crippen molar-refractivity contribution in [2.24, 2.45) is 0 Å². The number of para-hydroxylation sites is 1. The van der Waals surface area contributed by atoms with Crippen molar-refractivity contribution >= 4 is 34.4 Å². The van der Waals surface area contributed by atoms with E-state index < -0.39 is 22.5 Å². The molecule has 0 bridgehead atoms. The second kappa shape index (κ2) is 7.06. The molecule has 0 saturated carbocycles. The average Bonchev–Trinajstić information content (AvgIpc) is 3.03. The second-order valence-corrected chi connectivity index (χ2v) is 6.91. The lowest BCUT2D eigenvalue weighted by atomic mass is 10.1. The number of anilines is 1. The molecule has 28 heavy (non-hydrogen) atoms. The third-order valence-electron chi connectivity index (χ3n) is 3.62. The summed E-state index contributed by atoms with van der Waals surface area (Å²) in [5.41, 5.74) is 0.0613. The molecule has 1 heterocycles. The minimum atomic E-state index is -0.687. The van der Waals surface area contributed by atoms with E-state index in [-0.39, 0.29) is 11.3 Å². The van der Waals surface area contributed by atoms with Crippen LogP contribution in [0.2, 0.25) is 0 Å². The number of amides is 1. The molecule has 3 rings (SSSR count). The van der Waals surface area contributed by atoms with Gasteiger partial charge in [0.25, 0.3) is 11.6 Å². The summed E-state index contributed by atoms with van der Waals surface area (Å²) in [5.74, 6) is -0.633. The first-order valence-electron chi connectivity index (χ1n) is 8.29. The lowest BCUT2D eigenvalue weighted by Crippen LogP contribution is -2.27. The van der Waals surface area contributed by atoms with Crippen molar-refractivity contribution in [3.8, 4) is 0 Å². The number of nitro groups is 1. The number of nitrogens with one attached hydrogen (secondary N) is 1. The first-order chi connectivity index (χ1) is 13.2.